The first-order chi connectivity index (χ1) is 11.0. The Labute approximate surface area is 141 Å². The topological polar surface area (TPSA) is 58.6 Å². The highest BCUT2D eigenvalue weighted by Crippen LogP contribution is 2.21. The van der Waals surface area contributed by atoms with Crippen molar-refractivity contribution < 1.29 is 14.3 Å². The Bertz CT molecular complexity index is 360. The highest BCUT2D eigenvalue weighted by atomic mass is 16.5. The van der Waals surface area contributed by atoms with Crippen LogP contribution in [0.2, 0.25) is 0 Å². The van der Waals surface area contributed by atoms with Crippen molar-refractivity contribution in [3.63, 3.8) is 0 Å². The number of carbonyl (C=O) groups excluding carboxylic acids is 2. The Morgan fingerprint density at radius 3 is 2.35 bits per heavy atom. The quantitative estimate of drug-likeness (QED) is 0.468. The first-order valence-corrected chi connectivity index (χ1v) is 9.18. The molecule has 1 aliphatic rings. The van der Waals surface area contributed by atoms with Gasteiger partial charge >= 0.3 is 5.97 Å². The second-order valence-electron chi connectivity index (χ2n) is 6.67. The van der Waals surface area contributed by atoms with Crippen LogP contribution in [0.3, 0.4) is 0 Å². The summed E-state index contributed by atoms with van der Waals surface area (Å²) in [6.07, 6.45) is 9.83. The van der Waals surface area contributed by atoms with Crippen molar-refractivity contribution in [2.24, 2.45) is 0 Å². The van der Waals surface area contributed by atoms with Gasteiger partial charge in [0.1, 0.15) is 6.10 Å². The molecule has 0 saturated carbocycles. The molecule has 0 radical (unpaired) electrons. The molecule has 0 aromatic heterocycles. The van der Waals surface area contributed by atoms with E-state index in [1.165, 1.54) is 51.9 Å². The molecule has 5 heteroatoms. The van der Waals surface area contributed by atoms with Crippen LogP contribution in [0, 0.1) is 0 Å². The lowest BCUT2D eigenvalue weighted by Gasteiger charge is -2.23. The standard InChI is InChI=1S/C18H34N2O3/c1-4-5-6-7-8-9-10-11-20-14-18(23-16(3)22)12-17(20)13-19-15(2)21/h17-18H,4-14H2,1-3H3,(H,19,21)/t17-,18+/m0/s1. The molecule has 23 heavy (non-hydrogen) atoms. The van der Waals surface area contributed by atoms with E-state index in [9.17, 15) is 9.59 Å². The summed E-state index contributed by atoms with van der Waals surface area (Å²) >= 11 is 0. The second-order valence-corrected chi connectivity index (χ2v) is 6.67. The molecule has 1 amide bonds. The summed E-state index contributed by atoms with van der Waals surface area (Å²) in [5.74, 6) is -0.220. The lowest BCUT2D eigenvalue weighted by Crippen LogP contribution is -2.39. The third kappa shape index (κ3) is 8.94. The number of nitrogens with zero attached hydrogens (tertiary/aromatic N) is 1. The van der Waals surface area contributed by atoms with Crippen LogP contribution in [0.4, 0.5) is 0 Å². The monoisotopic (exact) mass is 326 g/mol. The highest BCUT2D eigenvalue weighted by Gasteiger charge is 2.33. The highest BCUT2D eigenvalue weighted by molar-refractivity contribution is 5.72. The fraction of sp³-hybridized carbons (Fsp3) is 0.889. The van der Waals surface area contributed by atoms with Crippen LogP contribution >= 0.6 is 0 Å². The molecule has 1 fully saturated rings. The van der Waals surface area contributed by atoms with Crippen molar-refractivity contribution in [3.8, 4) is 0 Å². The molecule has 0 aromatic rings. The van der Waals surface area contributed by atoms with Crippen LogP contribution in [0.1, 0.15) is 72.1 Å². The molecule has 0 unspecified atom stereocenters. The Morgan fingerprint density at radius 1 is 1.09 bits per heavy atom. The van der Waals surface area contributed by atoms with Crippen LogP contribution in [-0.4, -0.2) is 48.6 Å². The van der Waals surface area contributed by atoms with Crippen LogP contribution in [-0.2, 0) is 14.3 Å². The molecule has 2 atom stereocenters. The predicted molar refractivity (Wildman–Crippen MR) is 92.2 cm³/mol. The van der Waals surface area contributed by atoms with Gasteiger partial charge in [-0.2, -0.15) is 0 Å². The SMILES string of the molecule is CCCCCCCCCN1C[C@H](OC(C)=O)C[C@H]1CNC(C)=O. The van der Waals surface area contributed by atoms with E-state index in [1.807, 2.05) is 0 Å². The fourth-order valence-corrected chi connectivity index (χ4v) is 3.28. The normalized spacial score (nSPS) is 21.3. The second kappa shape index (κ2) is 11.4. The Hall–Kier alpha value is -1.10. The summed E-state index contributed by atoms with van der Waals surface area (Å²) in [4.78, 5) is 24.7. The molecule has 1 N–H and O–H groups in total. The van der Waals surface area contributed by atoms with Crippen molar-refractivity contribution in [2.45, 2.75) is 84.3 Å². The van der Waals surface area contributed by atoms with Crippen molar-refractivity contribution in [2.75, 3.05) is 19.6 Å². The third-order valence-corrected chi connectivity index (χ3v) is 4.46. The van der Waals surface area contributed by atoms with Crippen LogP contribution in [0.25, 0.3) is 0 Å². The van der Waals surface area contributed by atoms with E-state index in [-0.39, 0.29) is 24.0 Å². The van der Waals surface area contributed by atoms with E-state index in [0.29, 0.717) is 6.54 Å². The Kier molecular flexibility index (Phi) is 9.92. The number of esters is 1. The summed E-state index contributed by atoms with van der Waals surface area (Å²) in [5, 5.41) is 2.89. The smallest absolute Gasteiger partial charge is 0.302 e. The number of rotatable bonds is 11. The van der Waals surface area contributed by atoms with E-state index in [4.69, 9.17) is 4.74 Å². The van der Waals surface area contributed by atoms with Crippen LogP contribution in [0.5, 0.6) is 0 Å². The van der Waals surface area contributed by atoms with E-state index in [1.54, 1.807) is 6.92 Å². The number of nitrogens with one attached hydrogen (secondary N) is 1. The lowest BCUT2D eigenvalue weighted by atomic mass is 10.1. The van der Waals surface area contributed by atoms with Gasteiger partial charge in [0.25, 0.3) is 0 Å². The lowest BCUT2D eigenvalue weighted by molar-refractivity contribution is -0.145. The summed E-state index contributed by atoms with van der Waals surface area (Å²) in [7, 11) is 0. The number of likely N-dealkylation sites (tertiary alicyclic amines) is 1. The maximum absolute atomic E-state index is 11.2. The summed E-state index contributed by atoms with van der Waals surface area (Å²) in [6, 6.07) is 0.281. The van der Waals surface area contributed by atoms with Gasteiger partial charge in [-0.25, -0.2) is 0 Å². The Morgan fingerprint density at radius 2 is 1.74 bits per heavy atom. The minimum Gasteiger partial charge on any atom is -0.461 e. The average Bonchev–Trinajstić information content (AvgIpc) is 2.85. The van der Waals surface area contributed by atoms with Crippen molar-refractivity contribution >= 4 is 11.9 Å². The van der Waals surface area contributed by atoms with Gasteiger partial charge < -0.3 is 10.1 Å². The fourth-order valence-electron chi connectivity index (χ4n) is 3.28. The molecule has 0 aliphatic carbocycles. The number of amides is 1. The van der Waals surface area contributed by atoms with E-state index in [2.05, 4.69) is 17.1 Å². The van der Waals surface area contributed by atoms with Crippen LogP contribution in [0.15, 0.2) is 0 Å². The molecule has 1 aliphatic heterocycles. The van der Waals surface area contributed by atoms with Crippen molar-refractivity contribution in [1.29, 1.82) is 0 Å². The summed E-state index contributed by atoms with van der Waals surface area (Å²) in [5.41, 5.74) is 0. The Balaban J connectivity index is 2.29. The maximum atomic E-state index is 11.2. The van der Waals surface area contributed by atoms with Gasteiger partial charge in [0.05, 0.1) is 0 Å². The van der Waals surface area contributed by atoms with E-state index < -0.39 is 0 Å². The molecule has 1 saturated heterocycles. The van der Waals surface area contributed by atoms with Gasteiger partial charge in [0.15, 0.2) is 0 Å². The number of ether oxygens (including phenoxy) is 1. The van der Waals surface area contributed by atoms with E-state index >= 15 is 0 Å². The zero-order valence-electron chi connectivity index (χ0n) is 15.1. The molecular weight excluding hydrogens is 292 g/mol. The van der Waals surface area contributed by atoms with Crippen molar-refractivity contribution in [3.05, 3.63) is 0 Å². The summed E-state index contributed by atoms with van der Waals surface area (Å²) < 4.78 is 5.36. The van der Waals surface area contributed by atoms with Crippen molar-refractivity contribution in [1.82, 2.24) is 10.2 Å². The third-order valence-electron chi connectivity index (χ3n) is 4.46. The number of unbranched alkanes of at least 4 members (excludes halogenated alkanes) is 6. The largest absolute Gasteiger partial charge is 0.461 e. The zero-order chi connectivity index (χ0) is 17.1. The minimum absolute atomic E-state index is 0.00295. The molecule has 0 bridgehead atoms. The first-order valence-electron chi connectivity index (χ1n) is 9.18. The number of carbonyl (C=O) groups is 2. The first kappa shape index (κ1) is 19.9. The molecule has 0 aromatic carbocycles. The minimum atomic E-state index is -0.217. The molecule has 0 spiro atoms. The zero-order valence-corrected chi connectivity index (χ0v) is 15.1. The molecule has 1 rings (SSSR count). The summed E-state index contributed by atoms with van der Waals surface area (Å²) in [6.45, 7) is 7.70. The molecular formula is C18H34N2O3. The maximum Gasteiger partial charge on any atom is 0.302 e. The van der Waals surface area contributed by atoms with Gasteiger partial charge in [0, 0.05) is 39.4 Å². The number of hydrogen-bond donors (Lipinski definition) is 1. The van der Waals surface area contributed by atoms with Gasteiger partial charge in [0.2, 0.25) is 5.91 Å². The predicted octanol–water partition coefficient (Wildman–Crippen LogP) is 2.88. The van der Waals surface area contributed by atoms with Gasteiger partial charge in [-0.05, 0) is 13.0 Å². The van der Waals surface area contributed by atoms with Gasteiger partial charge in [-0.15, -0.1) is 0 Å². The molecule has 5 nitrogen and oxygen atoms in total. The average molecular weight is 326 g/mol. The van der Waals surface area contributed by atoms with Gasteiger partial charge in [-0.3, -0.25) is 14.5 Å². The van der Waals surface area contributed by atoms with Gasteiger partial charge in [-0.1, -0.05) is 45.4 Å². The molecule has 1 heterocycles. The molecule has 134 valence electrons. The van der Waals surface area contributed by atoms with E-state index in [0.717, 1.165) is 19.5 Å². The number of hydrogen-bond acceptors (Lipinski definition) is 4. The van der Waals surface area contributed by atoms with Crippen LogP contribution < -0.4 is 5.32 Å².